The Morgan fingerprint density at radius 1 is 1.04 bits per heavy atom. The van der Waals surface area contributed by atoms with Crippen molar-refractivity contribution in [1.82, 2.24) is 29.5 Å². The number of aryl methyl sites for hydroxylation is 2. The van der Waals surface area contributed by atoms with Gasteiger partial charge in [-0.1, -0.05) is 17.3 Å². The van der Waals surface area contributed by atoms with Crippen LogP contribution in [0.4, 0.5) is 0 Å². The molecule has 7 heteroatoms. The fraction of sp³-hybridized carbons (Fsp3) is 0.167. The van der Waals surface area contributed by atoms with E-state index in [0.717, 1.165) is 22.5 Å². The Hall–Kier alpha value is -3.35. The van der Waals surface area contributed by atoms with Gasteiger partial charge in [0.15, 0.2) is 11.2 Å². The minimum Gasteiger partial charge on any atom is -0.291 e. The van der Waals surface area contributed by atoms with Crippen LogP contribution >= 0.6 is 0 Å². The maximum atomic E-state index is 12.7. The Labute approximate surface area is 143 Å². The highest BCUT2D eigenvalue weighted by atomic mass is 16.1. The van der Waals surface area contributed by atoms with Crippen molar-refractivity contribution in [2.75, 3.05) is 0 Å². The lowest BCUT2D eigenvalue weighted by Gasteiger charge is -2.06. The summed E-state index contributed by atoms with van der Waals surface area (Å²) in [7, 11) is 0. The second-order valence-electron chi connectivity index (χ2n) is 6.02. The van der Waals surface area contributed by atoms with E-state index in [1.54, 1.807) is 10.9 Å². The Kier molecular flexibility index (Phi) is 3.61. The molecule has 0 atom stereocenters. The molecule has 0 fully saturated rings. The highest BCUT2D eigenvalue weighted by Crippen LogP contribution is 2.15. The molecule has 0 amide bonds. The van der Waals surface area contributed by atoms with E-state index in [1.165, 1.54) is 10.9 Å². The van der Waals surface area contributed by atoms with Crippen LogP contribution in [0.2, 0.25) is 0 Å². The maximum Gasteiger partial charge on any atom is 0.283 e. The molecule has 0 bridgehead atoms. The first-order valence-electron chi connectivity index (χ1n) is 7.91. The third-order valence-electron chi connectivity index (χ3n) is 3.94. The first-order chi connectivity index (χ1) is 12.1. The van der Waals surface area contributed by atoms with Gasteiger partial charge < -0.3 is 0 Å². The predicted octanol–water partition coefficient (Wildman–Crippen LogP) is 2.04. The van der Waals surface area contributed by atoms with Crippen LogP contribution in [0.1, 0.15) is 16.8 Å². The summed E-state index contributed by atoms with van der Waals surface area (Å²) < 4.78 is 3.09. The van der Waals surface area contributed by atoms with Crippen molar-refractivity contribution in [3.05, 3.63) is 76.1 Å². The lowest BCUT2D eigenvalue weighted by atomic mass is 10.1. The van der Waals surface area contributed by atoms with Gasteiger partial charge in [0, 0.05) is 6.20 Å². The molecule has 0 unspecified atom stereocenters. The van der Waals surface area contributed by atoms with Crippen LogP contribution in [-0.4, -0.2) is 29.5 Å². The Morgan fingerprint density at radius 2 is 1.84 bits per heavy atom. The molecule has 0 aliphatic rings. The number of benzene rings is 1. The summed E-state index contributed by atoms with van der Waals surface area (Å²) in [4.78, 5) is 21.3. The van der Waals surface area contributed by atoms with Gasteiger partial charge in [0.05, 0.1) is 17.9 Å². The van der Waals surface area contributed by atoms with Crippen LogP contribution < -0.4 is 5.56 Å². The SMILES string of the molecule is Cc1cc(C)cc(-n2nnc3c(=O)n(Cc4ccccn4)cnc32)c1. The van der Waals surface area contributed by atoms with E-state index in [4.69, 9.17) is 0 Å². The molecule has 124 valence electrons. The number of hydrogen-bond donors (Lipinski definition) is 0. The largest absolute Gasteiger partial charge is 0.291 e. The van der Waals surface area contributed by atoms with Crippen LogP contribution in [0.3, 0.4) is 0 Å². The van der Waals surface area contributed by atoms with Gasteiger partial charge in [-0.15, -0.1) is 5.10 Å². The van der Waals surface area contributed by atoms with Crippen LogP contribution in [0.5, 0.6) is 0 Å². The standard InChI is InChI=1S/C18H16N6O/c1-12-7-13(2)9-15(8-12)24-17-16(21-22-24)18(25)23(11-20-17)10-14-5-3-4-6-19-14/h3-9,11H,10H2,1-2H3. The summed E-state index contributed by atoms with van der Waals surface area (Å²) in [5.41, 5.74) is 4.32. The van der Waals surface area contributed by atoms with E-state index < -0.39 is 0 Å². The number of aromatic nitrogens is 6. The molecule has 0 radical (unpaired) electrons. The number of rotatable bonds is 3. The number of pyridine rings is 1. The minimum absolute atomic E-state index is 0.230. The summed E-state index contributed by atoms with van der Waals surface area (Å²) in [5.74, 6) is 0. The molecule has 7 nitrogen and oxygen atoms in total. The highest BCUT2D eigenvalue weighted by Gasteiger charge is 2.14. The average Bonchev–Trinajstić information content (AvgIpc) is 3.02. The molecular weight excluding hydrogens is 316 g/mol. The topological polar surface area (TPSA) is 78.5 Å². The van der Waals surface area contributed by atoms with E-state index in [2.05, 4.69) is 26.3 Å². The van der Waals surface area contributed by atoms with Gasteiger partial charge in [-0.25, -0.2) is 4.98 Å². The van der Waals surface area contributed by atoms with Crippen molar-refractivity contribution in [3.63, 3.8) is 0 Å². The van der Waals surface area contributed by atoms with Gasteiger partial charge in [0.1, 0.15) is 6.33 Å². The average molecular weight is 332 g/mol. The lowest BCUT2D eigenvalue weighted by molar-refractivity contribution is 0.727. The first kappa shape index (κ1) is 15.2. The van der Waals surface area contributed by atoms with E-state index in [0.29, 0.717) is 12.2 Å². The smallest absolute Gasteiger partial charge is 0.283 e. The van der Waals surface area contributed by atoms with E-state index in [-0.39, 0.29) is 11.1 Å². The number of hydrogen-bond acceptors (Lipinski definition) is 5. The molecule has 0 saturated carbocycles. The highest BCUT2D eigenvalue weighted by molar-refractivity contribution is 5.70. The predicted molar refractivity (Wildman–Crippen MR) is 93.7 cm³/mol. The summed E-state index contributed by atoms with van der Waals surface area (Å²) in [6, 6.07) is 11.6. The quantitative estimate of drug-likeness (QED) is 0.574. The Bertz CT molecular complexity index is 1090. The van der Waals surface area contributed by atoms with E-state index in [9.17, 15) is 4.79 Å². The second kappa shape index (κ2) is 5.94. The summed E-state index contributed by atoms with van der Waals surface area (Å²) >= 11 is 0. The zero-order valence-electron chi connectivity index (χ0n) is 13.9. The van der Waals surface area contributed by atoms with Gasteiger partial charge in [0.25, 0.3) is 5.56 Å². The van der Waals surface area contributed by atoms with E-state index in [1.807, 2.05) is 44.2 Å². The zero-order chi connectivity index (χ0) is 17.4. The molecular formula is C18H16N6O. The molecule has 0 aliphatic heterocycles. The fourth-order valence-electron chi connectivity index (χ4n) is 2.87. The molecule has 4 aromatic rings. The first-order valence-corrected chi connectivity index (χ1v) is 7.91. The van der Waals surface area contributed by atoms with Gasteiger partial charge >= 0.3 is 0 Å². The number of fused-ring (bicyclic) bond motifs is 1. The van der Waals surface area contributed by atoms with Gasteiger partial charge in [-0.3, -0.25) is 14.3 Å². The summed E-state index contributed by atoms with van der Waals surface area (Å²) in [6.45, 7) is 4.38. The van der Waals surface area contributed by atoms with Gasteiger partial charge in [0.2, 0.25) is 0 Å². The molecule has 0 saturated heterocycles. The van der Waals surface area contributed by atoms with Crippen molar-refractivity contribution >= 4 is 11.2 Å². The van der Waals surface area contributed by atoms with Gasteiger partial charge in [-0.2, -0.15) is 4.68 Å². The molecule has 0 aliphatic carbocycles. The molecule has 3 aromatic heterocycles. The summed E-state index contributed by atoms with van der Waals surface area (Å²) in [6.07, 6.45) is 3.21. The van der Waals surface area contributed by atoms with Crippen molar-refractivity contribution in [3.8, 4) is 5.69 Å². The van der Waals surface area contributed by atoms with Crippen molar-refractivity contribution < 1.29 is 0 Å². The van der Waals surface area contributed by atoms with Crippen molar-refractivity contribution in [2.24, 2.45) is 0 Å². The van der Waals surface area contributed by atoms with Crippen LogP contribution in [-0.2, 0) is 6.54 Å². The minimum atomic E-state index is -0.230. The number of nitrogens with zero attached hydrogens (tertiary/aromatic N) is 6. The Morgan fingerprint density at radius 3 is 2.56 bits per heavy atom. The normalized spacial score (nSPS) is 11.1. The lowest BCUT2D eigenvalue weighted by Crippen LogP contribution is -2.22. The van der Waals surface area contributed by atoms with E-state index >= 15 is 0 Å². The Balaban J connectivity index is 1.81. The van der Waals surface area contributed by atoms with Crippen molar-refractivity contribution in [1.29, 1.82) is 0 Å². The summed E-state index contributed by atoms with van der Waals surface area (Å²) in [5, 5.41) is 8.18. The fourth-order valence-corrected chi connectivity index (χ4v) is 2.87. The van der Waals surface area contributed by atoms with Crippen LogP contribution in [0.25, 0.3) is 16.9 Å². The molecule has 0 spiro atoms. The molecule has 4 rings (SSSR count). The maximum absolute atomic E-state index is 12.7. The third kappa shape index (κ3) is 2.80. The van der Waals surface area contributed by atoms with Crippen LogP contribution in [0.15, 0.2) is 53.7 Å². The van der Waals surface area contributed by atoms with Gasteiger partial charge in [-0.05, 0) is 49.2 Å². The molecule has 0 N–H and O–H groups in total. The third-order valence-corrected chi connectivity index (χ3v) is 3.94. The monoisotopic (exact) mass is 332 g/mol. The van der Waals surface area contributed by atoms with Crippen molar-refractivity contribution in [2.45, 2.75) is 20.4 Å². The second-order valence-corrected chi connectivity index (χ2v) is 6.02. The molecule has 1 aromatic carbocycles. The molecule has 25 heavy (non-hydrogen) atoms. The van der Waals surface area contributed by atoms with Crippen LogP contribution in [0, 0.1) is 13.8 Å². The zero-order valence-corrected chi connectivity index (χ0v) is 13.9. The molecule has 3 heterocycles.